The van der Waals surface area contributed by atoms with Crippen molar-refractivity contribution in [3.05, 3.63) is 86.8 Å². The minimum atomic E-state index is -0.121. The van der Waals surface area contributed by atoms with Gasteiger partial charge in [-0.25, -0.2) is 4.98 Å². The normalized spacial score (nSPS) is 13.5. The standard InChI is InChI=1S/C25H26N4O3S/c1-31-21-11-8-18(12-22(21)32-2)15-28(14-17-6-4-3-5-7-17)16-20-13-23(30)29-25(26-20)33-24(27-29)19-9-10-19/h3-8,11-13,19H,9-10,14-16H2,1-2H3. The van der Waals surface area contributed by atoms with Crippen LogP contribution in [0.5, 0.6) is 11.5 Å². The number of rotatable bonds is 9. The topological polar surface area (TPSA) is 69.0 Å². The predicted molar refractivity (Wildman–Crippen MR) is 128 cm³/mol. The molecule has 0 aliphatic heterocycles. The van der Waals surface area contributed by atoms with Crippen LogP contribution in [0.25, 0.3) is 4.96 Å². The molecule has 7 nitrogen and oxygen atoms in total. The first-order valence-corrected chi connectivity index (χ1v) is 11.8. The predicted octanol–water partition coefficient (Wildman–Crippen LogP) is 4.25. The quantitative estimate of drug-likeness (QED) is 0.370. The zero-order valence-corrected chi connectivity index (χ0v) is 19.5. The molecule has 2 aromatic carbocycles. The van der Waals surface area contributed by atoms with Crippen molar-refractivity contribution in [1.82, 2.24) is 19.5 Å². The fourth-order valence-corrected chi connectivity index (χ4v) is 5.01. The fraction of sp³-hybridized carbons (Fsp3) is 0.320. The van der Waals surface area contributed by atoms with Gasteiger partial charge in [0.2, 0.25) is 4.96 Å². The van der Waals surface area contributed by atoms with E-state index in [0.717, 1.165) is 35.7 Å². The molecule has 0 bridgehead atoms. The fourth-order valence-electron chi connectivity index (χ4n) is 3.92. The number of methoxy groups -OCH3 is 2. The third kappa shape index (κ3) is 4.91. The second-order valence-corrected chi connectivity index (χ2v) is 9.30. The van der Waals surface area contributed by atoms with Gasteiger partial charge in [-0.05, 0) is 36.1 Å². The first kappa shape index (κ1) is 21.6. The summed E-state index contributed by atoms with van der Waals surface area (Å²) in [4.78, 5) is 20.5. The Balaban J connectivity index is 1.43. The van der Waals surface area contributed by atoms with Crippen LogP contribution in [0.2, 0.25) is 0 Å². The molecule has 0 atom stereocenters. The van der Waals surface area contributed by atoms with Crippen LogP contribution in [-0.4, -0.2) is 33.7 Å². The van der Waals surface area contributed by atoms with Gasteiger partial charge in [-0.1, -0.05) is 47.7 Å². The maximum absolute atomic E-state index is 12.7. The van der Waals surface area contributed by atoms with Gasteiger partial charge in [-0.2, -0.15) is 9.61 Å². The Morgan fingerprint density at radius 2 is 1.73 bits per heavy atom. The molecular weight excluding hydrogens is 436 g/mol. The highest BCUT2D eigenvalue weighted by atomic mass is 32.1. The molecule has 1 fully saturated rings. The summed E-state index contributed by atoms with van der Waals surface area (Å²) in [5.41, 5.74) is 2.92. The molecule has 170 valence electrons. The summed E-state index contributed by atoms with van der Waals surface area (Å²) in [6.07, 6.45) is 2.30. The van der Waals surface area contributed by atoms with Gasteiger partial charge in [0.25, 0.3) is 5.56 Å². The number of benzene rings is 2. The summed E-state index contributed by atoms with van der Waals surface area (Å²) < 4.78 is 12.3. The first-order chi connectivity index (χ1) is 16.1. The number of aromatic nitrogens is 3. The molecule has 5 rings (SSSR count). The molecule has 1 aliphatic rings. The number of hydrogen-bond acceptors (Lipinski definition) is 7. The van der Waals surface area contributed by atoms with Gasteiger partial charge in [-0.3, -0.25) is 9.69 Å². The minimum Gasteiger partial charge on any atom is -0.493 e. The Morgan fingerprint density at radius 3 is 2.45 bits per heavy atom. The Bertz CT molecular complexity index is 1310. The van der Waals surface area contributed by atoms with Crippen LogP contribution in [0.3, 0.4) is 0 Å². The van der Waals surface area contributed by atoms with E-state index in [1.54, 1.807) is 20.3 Å². The second-order valence-electron chi connectivity index (χ2n) is 8.31. The molecule has 0 radical (unpaired) electrons. The highest BCUT2D eigenvalue weighted by Gasteiger charge is 2.28. The van der Waals surface area contributed by atoms with Crippen molar-refractivity contribution in [3.8, 4) is 11.5 Å². The lowest BCUT2D eigenvalue weighted by Gasteiger charge is -2.23. The van der Waals surface area contributed by atoms with E-state index in [9.17, 15) is 4.79 Å². The van der Waals surface area contributed by atoms with Gasteiger partial charge in [0.15, 0.2) is 11.5 Å². The number of nitrogens with zero attached hydrogens (tertiary/aromatic N) is 4. The van der Waals surface area contributed by atoms with Crippen molar-refractivity contribution in [1.29, 1.82) is 0 Å². The summed E-state index contributed by atoms with van der Waals surface area (Å²) in [6, 6.07) is 17.9. The van der Waals surface area contributed by atoms with Crippen molar-refractivity contribution < 1.29 is 9.47 Å². The number of ether oxygens (including phenoxy) is 2. The molecule has 2 heterocycles. The summed E-state index contributed by atoms with van der Waals surface area (Å²) in [6.45, 7) is 1.95. The Labute approximate surface area is 196 Å². The van der Waals surface area contributed by atoms with E-state index < -0.39 is 0 Å². The Morgan fingerprint density at radius 1 is 0.970 bits per heavy atom. The Hall–Kier alpha value is -3.23. The van der Waals surface area contributed by atoms with Crippen molar-refractivity contribution in [2.45, 2.75) is 38.4 Å². The molecule has 2 aromatic heterocycles. The molecule has 0 N–H and O–H groups in total. The number of hydrogen-bond donors (Lipinski definition) is 0. The average molecular weight is 463 g/mol. The smallest absolute Gasteiger partial charge is 0.275 e. The molecule has 1 saturated carbocycles. The highest BCUT2D eigenvalue weighted by molar-refractivity contribution is 7.16. The monoisotopic (exact) mass is 462 g/mol. The van der Waals surface area contributed by atoms with Crippen molar-refractivity contribution in [2.24, 2.45) is 0 Å². The van der Waals surface area contributed by atoms with E-state index >= 15 is 0 Å². The summed E-state index contributed by atoms with van der Waals surface area (Å²) in [7, 11) is 3.27. The van der Waals surface area contributed by atoms with Crippen LogP contribution < -0.4 is 15.0 Å². The van der Waals surface area contributed by atoms with Crippen molar-refractivity contribution in [2.75, 3.05) is 14.2 Å². The Kier molecular flexibility index (Phi) is 6.11. The second kappa shape index (κ2) is 9.33. The SMILES string of the molecule is COc1ccc(CN(Cc2ccccc2)Cc2cc(=O)n3nc(C4CC4)sc3n2)cc1OC. The average Bonchev–Trinajstić information content (AvgIpc) is 3.58. The van der Waals surface area contributed by atoms with Crippen molar-refractivity contribution in [3.63, 3.8) is 0 Å². The van der Waals surface area contributed by atoms with Crippen LogP contribution in [0.1, 0.15) is 40.6 Å². The molecule has 4 aromatic rings. The minimum absolute atomic E-state index is 0.121. The van der Waals surface area contributed by atoms with E-state index in [1.165, 1.54) is 21.4 Å². The molecular formula is C25H26N4O3S. The van der Waals surface area contributed by atoms with E-state index in [2.05, 4.69) is 22.1 Å². The van der Waals surface area contributed by atoms with Gasteiger partial charge in [0, 0.05) is 31.6 Å². The molecule has 8 heteroatoms. The van der Waals surface area contributed by atoms with Crippen molar-refractivity contribution >= 4 is 16.3 Å². The van der Waals surface area contributed by atoms with Crippen LogP contribution in [0.4, 0.5) is 0 Å². The van der Waals surface area contributed by atoms with Crippen LogP contribution in [-0.2, 0) is 19.6 Å². The van der Waals surface area contributed by atoms with Gasteiger partial charge < -0.3 is 9.47 Å². The molecule has 33 heavy (non-hydrogen) atoms. The van der Waals surface area contributed by atoms with Crippen LogP contribution >= 0.6 is 11.3 Å². The molecule has 1 aliphatic carbocycles. The van der Waals surface area contributed by atoms with Crippen LogP contribution in [0, 0.1) is 0 Å². The summed E-state index contributed by atoms with van der Waals surface area (Å²) >= 11 is 1.53. The molecule has 0 amide bonds. The van der Waals surface area contributed by atoms with Gasteiger partial charge >= 0.3 is 0 Å². The zero-order valence-electron chi connectivity index (χ0n) is 18.7. The maximum Gasteiger partial charge on any atom is 0.275 e. The van der Waals surface area contributed by atoms with Gasteiger partial charge in [0.1, 0.15) is 5.01 Å². The van der Waals surface area contributed by atoms with Gasteiger partial charge in [-0.15, -0.1) is 0 Å². The number of fused-ring (bicyclic) bond motifs is 1. The van der Waals surface area contributed by atoms with Crippen LogP contribution in [0.15, 0.2) is 59.4 Å². The lowest BCUT2D eigenvalue weighted by Crippen LogP contribution is -2.25. The van der Waals surface area contributed by atoms with E-state index in [1.807, 2.05) is 36.4 Å². The summed E-state index contributed by atoms with van der Waals surface area (Å²) in [5.74, 6) is 1.90. The lowest BCUT2D eigenvalue weighted by molar-refractivity contribution is 0.244. The first-order valence-electron chi connectivity index (χ1n) is 11.0. The molecule has 0 unspecified atom stereocenters. The van der Waals surface area contributed by atoms with Gasteiger partial charge in [0.05, 0.1) is 19.9 Å². The maximum atomic E-state index is 12.7. The largest absolute Gasteiger partial charge is 0.493 e. The third-order valence-corrected chi connectivity index (χ3v) is 6.80. The lowest BCUT2D eigenvalue weighted by atomic mass is 10.1. The zero-order chi connectivity index (χ0) is 22.8. The van der Waals surface area contributed by atoms with E-state index in [4.69, 9.17) is 14.5 Å². The third-order valence-electron chi connectivity index (χ3n) is 5.73. The molecule has 0 spiro atoms. The molecule has 0 saturated heterocycles. The summed E-state index contributed by atoms with van der Waals surface area (Å²) in [5, 5.41) is 5.50. The van der Waals surface area contributed by atoms with E-state index in [-0.39, 0.29) is 5.56 Å². The van der Waals surface area contributed by atoms with E-state index in [0.29, 0.717) is 35.5 Å². The highest BCUT2D eigenvalue weighted by Crippen LogP contribution is 2.41.